The quantitative estimate of drug-likeness (QED) is 0.526. The lowest BCUT2D eigenvalue weighted by molar-refractivity contribution is -0.147. The normalized spacial score (nSPS) is 14.7. The number of hydrogen-bond acceptors (Lipinski definition) is 5. The summed E-state index contributed by atoms with van der Waals surface area (Å²) in [5.41, 5.74) is 6.04. The molecule has 7 nitrogen and oxygen atoms in total. The molecule has 0 spiro atoms. The number of nitrogens with two attached hydrogens (primary N) is 1. The molecular weight excluding hydrogens is 262 g/mol. The van der Waals surface area contributed by atoms with Gasteiger partial charge in [0.2, 0.25) is 0 Å². The number of morpholine rings is 1. The van der Waals surface area contributed by atoms with Crippen LogP contribution in [0, 0.1) is 0 Å². The van der Waals surface area contributed by atoms with Gasteiger partial charge in [-0.25, -0.2) is 0 Å². The predicted molar refractivity (Wildman–Crippen MR) is 70.7 cm³/mol. The molecule has 0 aliphatic carbocycles. The number of rotatable bonds is 1. The van der Waals surface area contributed by atoms with Crippen LogP contribution in [-0.4, -0.2) is 48.9 Å². The molecule has 3 amide bonds. The number of ether oxygens (including phenoxy) is 1. The molecular formula is C13H15N3O4. The number of nitrogen functional groups attached to an aromatic ring is 1. The minimum absolute atomic E-state index is 0.163. The molecule has 1 saturated heterocycles. The maximum atomic E-state index is 11.9. The van der Waals surface area contributed by atoms with E-state index in [4.69, 9.17) is 10.5 Å². The van der Waals surface area contributed by atoms with Crippen LogP contribution >= 0.6 is 0 Å². The molecule has 1 aliphatic rings. The Kier molecular flexibility index (Phi) is 4.31. The monoisotopic (exact) mass is 277 g/mol. The highest BCUT2D eigenvalue weighted by Gasteiger charge is 2.25. The number of amides is 3. The molecule has 1 heterocycles. The van der Waals surface area contributed by atoms with E-state index in [0.29, 0.717) is 26.3 Å². The van der Waals surface area contributed by atoms with Gasteiger partial charge in [-0.2, -0.15) is 0 Å². The van der Waals surface area contributed by atoms with E-state index in [1.807, 2.05) is 5.32 Å². The summed E-state index contributed by atoms with van der Waals surface area (Å²) in [7, 11) is 0. The van der Waals surface area contributed by atoms with Crippen molar-refractivity contribution in [3.8, 4) is 0 Å². The Hall–Kier alpha value is -2.41. The molecule has 106 valence electrons. The summed E-state index contributed by atoms with van der Waals surface area (Å²) >= 11 is 0. The van der Waals surface area contributed by atoms with Crippen molar-refractivity contribution in [1.82, 2.24) is 10.2 Å². The Bertz CT molecular complexity index is 538. The summed E-state index contributed by atoms with van der Waals surface area (Å²) in [5, 5.41) is 2.04. The molecule has 20 heavy (non-hydrogen) atoms. The first kappa shape index (κ1) is 14.0. The van der Waals surface area contributed by atoms with Crippen molar-refractivity contribution in [1.29, 1.82) is 0 Å². The van der Waals surface area contributed by atoms with E-state index >= 15 is 0 Å². The zero-order chi connectivity index (χ0) is 14.5. The van der Waals surface area contributed by atoms with Crippen molar-refractivity contribution in [3.63, 3.8) is 0 Å². The fourth-order valence-corrected chi connectivity index (χ4v) is 1.84. The molecule has 7 heteroatoms. The van der Waals surface area contributed by atoms with Crippen LogP contribution < -0.4 is 11.1 Å². The van der Waals surface area contributed by atoms with Crippen LogP contribution in [0.25, 0.3) is 0 Å². The number of anilines is 1. The first-order chi connectivity index (χ1) is 9.59. The van der Waals surface area contributed by atoms with Gasteiger partial charge in [-0.3, -0.25) is 19.7 Å². The SMILES string of the molecule is Nc1ccccc1C(=O)NC(=O)C(=O)N1CCOCC1. The largest absolute Gasteiger partial charge is 0.398 e. The van der Waals surface area contributed by atoms with E-state index < -0.39 is 17.7 Å². The highest BCUT2D eigenvalue weighted by molar-refractivity contribution is 6.38. The number of nitrogens with one attached hydrogen (secondary N) is 1. The fourth-order valence-electron chi connectivity index (χ4n) is 1.84. The molecule has 1 aliphatic heterocycles. The third kappa shape index (κ3) is 3.12. The van der Waals surface area contributed by atoms with Crippen LogP contribution in [-0.2, 0) is 14.3 Å². The molecule has 2 rings (SSSR count). The number of imide groups is 1. The molecule has 0 aromatic heterocycles. The standard InChI is InChI=1S/C13H15N3O4/c14-10-4-2-1-3-9(10)11(17)15-12(18)13(19)16-5-7-20-8-6-16/h1-4H,5-8,14H2,(H,15,17,18). The smallest absolute Gasteiger partial charge is 0.316 e. The van der Waals surface area contributed by atoms with Crippen LogP contribution in [0.5, 0.6) is 0 Å². The number of para-hydroxylation sites is 1. The molecule has 3 N–H and O–H groups in total. The van der Waals surface area contributed by atoms with Gasteiger partial charge in [0.05, 0.1) is 18.8 Å². The second-order valence-corrected chi connectivity index (χ2v) is 4.28. The van der Waals surface area contributed by atoms with Gasteiger partial charge in [-0.15, -0.1) is 0 Å². The number of nitrogens with zero attached hydrogens (tertiary/aromatic N) is 1. The Morgan fingerprint density at radius 2 is 1.80 bits per heavy atom. The molecule has 1 aromatic carbocycles. The lowest BCUT2D eigenvalue weighted by atomic mass is 10.1. The van der Waals surface area contributed by atoms with Crippen LogP contribution in [0.3, 0.4) is 0 Å². The first-order valence-corrected chi connectivity index (χ1v) is 6.16. The van der Waals surface area contributed by atoms with E-state index in [0.717, 1.165) is 0 Å². The Balaban J connectivity index is 1.99. The topological polar surface area (TPSA) is 102 Å². The summed E-state index contributed by atoms with van der Waals surface area (Å²) in [4.78, 5) is 36.8. The third-order valence-corrected chi connectivity index (χ3v) is 2.93. The van der Waals surface area contributed by atoms with E-state index in [9.17, 15) is 14.4 Å². The van der Waals surface area contributed by atoms with Crippen molar-refractivity contribution in [2.75, 3.05) is 32.0 Å². The molecule has 0 unspecified atom stereocenters. The maximum absolute atomic E-state index is 11.9. The average molecular weight is 277 g/mol. The van der Waals surface area contributed by atoms with Crippen molar-refractivity contribution in [2.24, 2.45) is 0 Å². The second-order valence-electron chi connectivity index (χ2n) is 4.28. The maximum Gasteiger partial charge on any atom is 0.316 e. The predicted octanol–water partition coefficient (Wildman–Crippen LogP) is -0.616. The molecule has 1 fully saturated rings. The van der Waals surface area contributed by atoms with Crippen LogP contribution in [0.2, 0.25) is 0 Å². The number of carbonyl (C=O) groups is 3. The average Bonchev–Trinajstić information content (AvgIpc) is 2.47. The van der Waals surface area contributed by atoms with Gasteiger partial charge < -0.3 is 15.4 Å². The number of carbonyl (C=O) groups excluding carboxylic acids is 3. The summed E-state index contributed by atoms with van der Waals surface area (Å²) in [6.07, 6.45) is 0. The zero-order valence-corrected chi connectivity index (χ0v) is 10.8. The highest BCUT2D eigenvalue weighted by Crippen LogP contribution is 2.09. The minimum Gasteiger partial charge on any atom is -0.398 e. The Morgan fingerprint density at radius 1 is 1.15 bits per heavy atom. The van der Waals surface area contributed by atoms with Crippen molar-refractivity contribution in [2.45, 2.75) is 0 Å². The Morgan fingerprint density at radius 3 is 2.45 bits per heavy atom. The van der Waals surface area contributed by atoms with E-state index in [1.54, 1.807) is 18.2 Å². The van der Waals surface area contributed by atoms with Gasteiger partial charge in [-0.05, 0) is 12.1 Å². The summed E-state index contributed by atoms with van der Waals surface area (Å²) in [6.45, 7) is 1.46. The minimum atomic E-state index is -0.958. The van der Waals surface area contributed by atoms with Crippen molar-refractivity contribution < 1.29 is 19.1 Å². The summed E-state index contributed by atoms with van der Waals surface area (Å²) < 4.78 is 5.09. The van der Waals surface area contributed by atoms with Gasteiger partial charge in [0, 0.05) is 18.8 Å². The summed E-state index contributed by atoms with van der Waals surface area (Å²) in [6, 6.07) is 6.33. The van der Waals surface area contributed by atoms with Crippen LogP contribution in [0.15, 0.2) is 24.3 Å². The zero-order valence-electron chi connectivity index (χ0n) is 10.8. The Labute approximate surface area is 115 Å². The lowest BCUT2D eigenvalue weighted by Gasteiger charge is -2.25. The van der Waals surface area contributed by atoms with E-state index in [-0.39, 0.29) is 11.3 Å². The molecule has 0 radical (unpaired) electrons. The van der Waals surface area contributed by atoms with Crippen molar-refractivity contribution >= 4 is 23.4 Å². The summed E-state index contributed by atoms with van der Waals surface area (Å²) in [5.74, 6) is -2.38. The second kappa shape index (κ2) is 6.16. The number of benzene rings is 1. The van der Waals surface area contributed by atoms with Gasteiger partial charge in [0.15, 0.2) is 0 Å². The van der Waals surface area contributed by atoms with Crippen molar-refractivity contribution in [3.05, 3.63) is 29.8 Å². The lowest BCUT2D eigenvalue weighted by Crippen LogP contribution is -2.49. The van der Waals surface area contributed by atoms with Gasteiger partial charge >= 0.3 is 11.8 Å². The van der Waals surface area contributed by atoms with Gasteiger partial charge in [0.1, 0.15) is 0 Å². The molecule has 0 bridgehead atoms. The van der Waals surface area contributed by atoms with Gasteiger partial charge in [-0.1, -0.05) is 12.1 Å². The fraction of sp³-hybridized carbons (Fsp3) is 0.308. The number of hydrogen-bond donors (Lipinski definition) is 2. The third-order valence-electron chi connectivity index (χ3n) is 2.93. The van der Waals surface area contributed by atoms with Gasteiger partial charge in [0.25, 0.3) is 5.91 Å². The highest BCUT2D eigenvalue weighted by atomic mass is 16.5. The van der Waals surface area contributed by atoms with E-state index in [1.165, 1.54) is 11.0 Å². The van der Waals surface area contributed by atoms with E-state index in [2.05, 4.69) is 0 Å². The van der Waals surface area contributed by atoms with Crippen LogP contribution in [0.1, 0.15) is 10.4 Å². The molecule has 0 saturated carbocycles. The first-order valence-electron chi connectivity index (χ1n) is 6.16. The van der Waals surface area contributed by atoms with Crippen LogP contribution in [0.4, 0.5) is 5.69 Å². The molecule has 1 aromatic rings. The molecule has 0 atom stereocenters.